The van der Waals surface area contributed by atoms with Gasteiger partial charge in [0.25, 0.3) is 0 Å². The standard InChI is InChI=1S/C12H22BrN3/c1-5-10(14-3)7-6-8-11-12(13)9(2)15-16(11)4/h10,14H,5-8H2,1-4H3. The minimum atomic E-state index is 0.646. The van der Waals surface area contributed by atoms with Gasteiger partial charge in [-0.2, -0.15) is 5.10 Å². The molecule has 0 aliphatic heterocycles. The first-order valence-electron chi connectivity index (χ1n) is 5.95. The molecule has 0 aromatic carbocycles. The average Bonchev–Trinajstić information content (AvgIpc) is 2.50. The second-order valence-corrected chi connectivity index (χ2v) is 5.05. The first kappa shape index (κ1) is 13.7. The van der Waals surface area contributed by atoms with Crippen molar-refractivity contribution >= 4 is 15.9 Å². The van der Waals surface area contributed by atoms with Gasteiger partial charge in [-0.05, 0) is 55.6 Å². The minimum Gasteiger partial charge on any atom is -0.317 e. The van der Waals surface area contributed by atoms with Crippen LogP contribution in [0.4, 0.5) is 0 Å². The van der Waals surface area contributed by atoms with Gasteiger partial charge in [0.2, 0.25) is 0 Å². The van der Waals surface area contributed by atoms with Crippen LogP contribution >= 0.6 is 15.9 Å². The molecule has 1 unspecified atom stereocenters. The zero-order valence-electron chi connectivity index (χ0n) is 10.7. The zero-order chi connectivity index (χ0) is 12.1. The molecule has 0 bridgehead atoms. The molecule has 0 saturated carbocycles. The maximum absolute atomic E-state index is 4.40. The van der Waals surface area contributed by atoms with Crippen LogP contribution in [0, 0.1) is 6.92 Å². The molecule has 1 aromatic rings. The molecule has 0 spiro atoms. The smallest absolute Gasteiger partial charge is 0.0738 e. The van der Waals surface area contributed by atoms with Crippen molar-refractivity contribution in [2.24, 2.45) is 7.05 Å². The van der Waals surface area contributed by atoms with E-state index in [9.17, 15) is 0 Å². The molecular weight excluding hydrogens is 266 g/mol. The largest absolute Gasteiger partial charge is 0.317 e. The molecule has 0 aliphatic carbocycles. The molecule has 1 rings (SSSR count). The number of hydrogen-bond donors (Lipinski definition) is 1. The molecule has 16 heavy (non-hydrogen) atoms. The Bertz CT molecular complexity index is 329. The Balaban J connectivity index is 2.48. The van der Waals surface area contributed by atoms with E-state index in [1.807, 2.05) is 25.7 Å². The lowest BCUT2D eigenvalue weighted by Crippen LogP contribution is -2.24. The van der Waals surface area contributed by atoms with E-state index >= 15 is 0 Å². The van der Waals surface area contributed by atoms with E-state index in [1.54, 1.807) is 0 Å². The highest BCUT2D eigenvalue weighted by molar-refractivity contribution is 9.10. The molecule has 0 fully saturated rings. The third-order valence-corrected chi connectivity index (χ3v) is 4.16. The summed E-state index contributed by atoms with van der Waals surface area (Å²) in [5.74, 6) is 0. The monoisotopic (exact) mass is 287 g/mol. The molecule has 4 heteroatoms. The van der Waals surface area contributed by atoms with Crippen LogP contribution in [0.5, 0.6) is 0 Å². The summed E-state index contributed by atoms with van der Waals surface area (Å²) in [4.78, 5) is 0. The zero-order valence-corrected chi connectivity index (χ0v) is 12.3. The van der Waals surface area contributed by atoms with Gasteiger partial charge in [0.15, 0.2) is 0 Å². The molecule has 1 aromatic heterocycles. The van der Waals surface area contributed by atoms with E-state index in [1.165, 1.54) is 29.4 Å². The van der Waals surface area contributed by atoms with Crippen molar-refractivity contribution in [2.45, 2.75) is 45.6 Å². The summed E-state index contributed by atoms with van der Waals surface area (Å²) in [6.45, 7) is 4.27. The topological polar surface area (TPSA) is 29.9 Å². The number of halogens is 1. The van der Waals surface area contributed by atoms with E-state index in [4.69, 9.17) is 0 Å². The summed E-state index contributed by atoms with van der Waals surface area (Å²) < 4.78 is 3.16. The Labute approximate surface area is 107 Å². The third kappa shape index (κ3) is 3.32. The highest BCUT2D eigenvalue weighted by Gasteiger charge is 2.11. The molecule has 0 radical (unpaired) electrons. The Morgan fingerprint density at radius 2 is 2.19 bits per heavy atom. The fraction of sp³-hybridized carbons (Fsp3) is 0.750. The van der Waals surface area contributed by atoms with Gasteiger partial charge in [0, 0.05) is 13.1 Å². The van der Waals surface area contributed by atoms with Crippen LogP contribution in [0.2, 0.25) is 0 Å². The van der Waals surface area contributed by atoms with E-state index in [2.05, 4.69) is 33.3 Å². The predicted molar refractivity (Wildman–Crippen MR) is 71.7 cm³/mol. The molecular formula is C12H22BrN3. The maximum atomic E-state index is 4.40. The molecule has 0 aliphatic rings. The summed E-state index contributed by atoms with van der Waals surface area (Å²) in [7, 11) is 4.06. The van der Waals surface area contributed by atoms with Crippen LogP contribution in [0.15, 0.2) is 4.47 Å². The Hall–Kier alpha value is -0.350. The first-order chi connectivity index (χ1) is 7.60. The highest BCUT2D eigenvalue weighted by Crippen LogP contribution is 2.22. The van der Waals surface area contributed by atoms with Crippen LogP contribution in [-0.2, 0) is 13.5 Å². The van der Waals surface area contributed by atoms with Crippen molar-refractivity contribution in [1.82, 2.24) is 15.1 Å². The fourth-order valence-electron chi connectivity index (χ4n) is 2.02. The average molecular weight is 288 g/mol. The lowest BCUT2D eigenvalue weighted by atomic mass is 10.1. The molecule has 1 heterocycles. The maximum Gasteiger partial charge on any atom is 0.0738 e. The first-order valence-corrected chi connectivity index (χ1v) is 6.74. The van der Waals surface area contributed by atoms with Gasteiger partial charge in [-0.1, -0.05) is 6.92 Å². The quantitative estimate of drug-likeness (QED) is 0.872. The number of nitrogens with one attached hydrogen (secondary N) is 1. The van der Waals surface area contributed by atoms with E-state index in [0.717, 1.165) is 12.1 Å². The lowest BCUT2D eigenvalue weighted by Gasteiger charge is -2.13. The van der Waals surface area contributed by atoms with Gasteiger partial charge in [-0.25, -0.2) is 0 Å². The second kappa shape index (κ2) is 6.40. The van der Waals surface area contributed by atoms with Crippen LogP contribution in [0.25, 0.3) is 0 Å². The minimum absolute atomic E-state index is 0.646. The van der Waals surface area contributed by atoms with Gasteiger partial charge < -0.3 is 5.32 Å². The number of rotatable bonds is 6. The van der Waals surface area contributed by atoms with Crippen molar-refractivity contribution < 1.29 is 0 Å². The van der Waals surface area contributed by atoms with Crippen molar-refractivity contribution in [2.75, 3.05) is 7.05 Å². The van der Waals surface area contributed by atoms with Crippen molar-refractivity contribution in [3.63, 3.8) is 0 Å². The van der Waals surface area contributed by atoms with Gasteiger partial charge in [0.1, 0.15) is 0 Å². The molecule has 92 valence electrons. The summed E-state index contributed by atoms with van der Waals surface area (Å²) >= 11 is 3.60. The Morgan fingerprint density at radius 1 is 1.50 bits per heavy atom. The van der Waals surface area contributed by atoms with Gasteiger partial charge in [-0.3, -0.25) is 4.68 Å². The molecule has 0 amide bonds. The highest BCUT2D eigenvalue weighted by atomic mass is 79.9. The van der Waals surface area contributed by atoms with E-state index < -0.39 is 0 Å². The van der Waals surface area contributed by atoms with E-state index in [0.29, 0.717) is 6.04 Å². The van der Waals surface area contributed by atoms with Crippen LogP contribution < -0.4 is 5.32 Å². The van der Waals surface area contributed by atoms with E-state index in [-0.39, 0.29) is 0 Å². The van der Waals surface area contributed by atoms with Crippen molar-refractivity contribution in [3.05, 3.63) is 15.9 Å². The summed E-state index contributed by atoms with van der Waals surface area (Å²) in [5, 5.41) is 7.74. The second-order valence-electron chi connectivity index (χ2n) is 4.26. The van der Waals surface area contributed by atoms with Gasteiger partial charge in [0.05, 0.1) is 15.9 Å². The summed E-state index contributed by atoms with van der Waals surface area (Å²) in [5.41, 5.74) is 2.39. The number of hydrogen-bond acceptors (Lipinski definition) is 2. The number of aryl methyl sites for hydroxylation is 2. The lowest BCUT2D eigenvalue weighted by molar-refractivity contribution is 0.487. The fourth-order valence-corrected chi connectivity index (χ4v) is 2.55. The van der Waals surface area contributed by atoms with Crippen molar-refractivity contribution in [1.29, 1.82) is 0 Å². The third-order valence-electron chi connectivity index (χ3n) is 3.13. The van der Waals surface area contributed by atoms with Gasteiger partial charge in [-0.15, -0.1) is 0 Å². The van der Waals surface area contributed by atoms with Gasteiger partial charge >= 0.3 is 0 Å². The van der Waals surface area contributed by atoms with Crippen LogP contribution in [0.3, 0.4) is 0 Å². The van der Waals surface area contributed by atoms with Crippen LogP contribution in [0.1, 0.15) is 37.6 Å². The molecule has 1 atom stereocenters. The Kier molecular flexibility index (Phi) is 5.49. The van der Waals surface area contributed by atoms with Crippen molar-refractivity contribution in [3.8, 4) is 0 Å². The molecule has 1 N–H and O–H groups in total. The summed E-state index contributed by atoms with van der Waals surface area (Å²) in [6, 6.07) is 0.646. The SMILES string of the molecule is CCC(CCCc1c(Br)c(C)nn1C)NC. The molecule has 0 saturated heterocycles. The summed E-state index contributed by atoms with van der Waals surface area (Å²) in [6.07, 6.45) is 4.72. The number of aromatic nitrogens is 2. The normalized spacial score (nSPS) is 13.1. The number of nitrogens with zero attached hydrogens (tertiary/aromatic N) is 2. The molecule has 3 nitrogen and oxygen atoms in total. The Morgan fingerprint density at radius 3 is 2.62 bits per heavy atom. The predicted octanol–water partition coefficient (Wildman–Crippen LogP) is 2.81. The van der Waals surface area contributed by atoms with Crippen LogP contribution in [-0.4, -0.2) is 22.9 Å².